The van der Waals surface area contributed by atoms with Gasteiger partial charge in [-0.25, -0.2) is 0 Å². The molecule has 0 aliphatic heterocycles. The zero-order valence-corrected chi connectivity index (χ0v) is 12.5. The van der Waals surface area contributed by atoms with Gasteiger partial charge < -0.3 is 14.8 Å². The second-order valence-corrected chi connectivity index (χ2v) is 6.00. The number of methoxy groups -OCH3 is 1. The average molecular weight is 275 g/mol. The highest BCUT2D eigenvalue weighted by Crippen LogP contribution is 2.44. The SMILES string of the molecule is CCOc1cc(CNC(C2CC2)C2CC2)ccc1OC. The molecule has 0 atom stereocenters. The summed E-state index contributed by atoms with van der Waals surface area (Å²) in [5.74, 6) is 3.54. The van der Waals surface area contributed by atoms with Crippen LogP contribution in [0.4, 0.5) is 0 Å². The highest BCUT2D eigenvalue weighted by molar-refractivity contribution is 5.43. The second-order valence-electron chi connectivity index (χ2n) is 6.00. The Kier molecular flexibility index (Phi) is 4.16. The Morgan fingerprint density at radius 2 is 1.85 bits per heavy atom. The van der Waals surface area contributed by atoms with Crippen LogP contribution < -0.4 is 14.8 Å². The quantitative estimate of drug-likeness (QED) is 0.789. The first-order valence-electron chi connectivity index (χ1n) is 7.85. The molecule has 0 bridgehead atoms. The molecule has 1 N–H and O–H groups in total. The minimum absolute atomic E-state index is 0.667. The Balaban J connectivity index is 1.62. The largest absolute Gasteiger partial charge is 0.493 e. The van der Waals surface area contributed by atoms with Crippen LogP contribution in [0, 0.1) is 11.8 Å². The summed E-state index contributed by atoms with van der Waals surface area (Å²) in [6.45, 7) is 3.60. The number of ether oxygens (including phenoxy) is 2. The lowest BCUT2D eigenvalue weighted by Crippen LogP contribution is -2.32. The fraction of sp³-hybridized carbons (Fsp3) is 0.647. The van der Waals surface area contributed by atoms with Crippen molar-refractivity contribution in [2.24, 2.45) is 11.8 Å². The van der Waals surface area contributed by atoms with E-state index in [1.54, 1.807) is 7.11 Å². The van der Waals surface area contributed by atoms with Gasteiger partial charge in [0.15, 0.2) is 11.5 Å². The van der Waals surface area contributed by atoms with Crippen LogP contribution in [-0.2, 0) is 6.54 Å². The average Bonchev–Trinajstić information content (AvgIpc) is 3.33. The molecule has 20 heavy (non-hydrogen) atoms. The maximum absolute atomic E-state index is 5.64. The van der Waals surface area contributed by atoms with Gasteiger partial charge in [0.2, 0.25) is 0 Å². The molecule has 0 spiro atoms. The molecular weight excluding hydrogens is 250 g/mol. The molecule has 3 nitrogen and oxygen atoms in total. The lowest BCUT2D eigenvalue weighted by atomic mass is 10.1. The smallest absolute Gasteiger partial charge is 0.161 e. The molecule has 0 heterocycles. The Bertz CT molecular complexity index is 440. The summed E-state index contributed by atoms with van der Waals surface area (Å²) in [5, 5.41) is 3.77. The van der Waals surface area contributed by atoms with Gasteiger partial charge in [0.1, 0.15) is 0 Å². The van der Waals surface area contributed by atoms with Crippen molar-refractivity contribution in [2.45, 2.75) is 45.2 Å². The third-order valence-electron chi connectivity index (χ3n) is 4.33. The molecule has 1 aromatic rings. The van der Waals surface area contributed by atoms with Crippen molar-refractivity contribution < 1.29 is 9.47 Å². The van der Waals surface area contributed by atoms with Gasteiger partial charge in [-0.2, -0.15) is 0 Å². The van der Waals surface area contributed by atoms with Gasteiger partial charge in [-0.1, -0.05) is 6.07 Å². The molecule has 2 aliphatic rings. The highest BCUT2D eigenvalue weighted by atomic mass is 16.5. The molecule has 0 saturated heterocycles. The Hall–Kier alpha value is -1.22. The van der Waals surface area contributed by atoms with Gasteiger partial charge in [0.25, 0.3) is 0 Å². The minimum atomic E-state index is 0.667. The van der Waals surface area contributed by atoms with E-state index >= 15 is 0 Å². The van der Waals surface area contributed by atoms with Crippen LogP contribution in [-0.4, -0.2) is 19.8 Å². The van der Waals surface area contributed by atoms with Crippen molar-refractivity contribution in [3.05, 3.63) is 23.8 Å². The van der Waals surface area contributed by atoms with E-state index in [0.717, 1.165) is 35.9 Å². The molecule has 2 saturated carbocycles. The van der Waals surface area contributed by atoms with E-state index < -0.39 is 0 Å². The number of hydrogen-bond donors (Lipinski definition) is 1. The van der Waals surface area contributed by atoms with Gasteiger partial charge >= 0.3 is 0 Å². The molecule has 1 aromatic carbocycles. The topological polar surface area (TPSA) is 30.5 Å². The molecule has 3 rings (SSSR count). The fourth-order valence-electron chi connectivity index (χ4n) is 2.96. The standard InChI is InChI=1S/C17H25NO2/c1-3-20-16-10-12(4-9-15(16)19-2)11-18-17(13-5-6-13)14-7-8-14/h4,9-10,13-14,17-18H,3,5-8,11H2,1-2H3. The first-order valence-corrected chi connectivity index (χ1v) is 7.85. The van der Waals surface area contributed by atoms with E-state index in [9.17, 15) is 0 Å². The molecule has 0 amide bonds. The van der Waals surface area contributed by atoms with Crippen LogP contribution in [0.15, 0.2) is 18.2 Å². The molecule has 2 fully saturated rings. The molecule has 0 radical (unpaired) electrons. The van der Waals surface area contributed by atoms with E-state index in [1.165, 1.54) is 31.2 Å². The first kappa shape index (κ1) is 13.7. The third kappa shape index (κ3) is 3.26. The van der Waals surface area contributed by atoms with E-state index in [1.807, 2.05) is 13.0 Å². The lowest BCUT2D eigenvalue weighted by molar-refractivity contribution is 0.310. The molecule has 0 aromatic heterocycles. The first-order chi connectivity index (χ1) is 9.81. The zero-order chi connectivity index (χ0) is 13.9. The van der Waals surface area contributed by atoms with Crippen LogP contribution in [0.5, 0.6) is 11.5 Å². The minimum Gasteiger partial charge on any atom is -0.493 e. The summed E-state index contributed by atoms with van der Waals surface area (Å²) < 4.78 is 11.0. The van der Waals surface area contributed by atoms with Gasteiger partial charge in [-0.3, -0.25) is 0 Å². The molecule has 110 valence electrons. The van der Waals surface area contributed by atoms with Crippen molar-refractivity contribution in [3.63, 3.8) is 0 Å². The molecule has 2 aliphatic carbocycles. The van der Waals surface area contributed by atoms with E-state index in [4.69, 9.17) is 9.47 Å². The van der Waals surface area contributed by atoms with Gasteiger partial charge in [-0.05, 0) is 62.1 Å². The van der Waals surface area contributed by atoms with Crippen molar-refractivity contribution >= 4 is 0 Å². The van der Waals surface area contributed by atoms with Crippen LogP contribution in [0.1, 0.15) is 38.2 Å². The number of benzene rings is 1. The molecule has 3 heteroatoms. The van der Waals surface area contributed by atoms with E-state index in [-0.39, 0.29) is 0 Å². The van der Waals surface area contributed by atoms with Crippen LogP contribution in [0.3, 0.4) is 0 Å². The Labute approximate surface area is 121 Å². The number of nitrogens with one attached hydrogen (secondary N) is 1. The van der Waals surface area contributed by atoms with Crippen LogP contribution in [0.25, 0.3) is 0 Å². The normalized spacial score (nSPS) is 18.4. The van der Waals surface area contributed by atoms with E-state index in [2.05, 4.69) is 17.4 Å². The summed E-state index contributed by atoms with van der Waals surface area (Å²) in [7, 11) is 1.69. The molecular formula is C17H25NO2. The Morgan fingerprint density at radius 1 is 1.15 bits per heavy atom. The van der Waals surface area contributed by atoms with Gasteiger partial charge in [0, 0.05) is 12.6 Å². The molecule has 0 unspecified atom stereocenters. The van der Waals surface area contributed by atoms with Gasteiger partial charge in [0.05, 0.1) is 13.7 Å². The predicted octanol–water partition coefficient (Wildman–Crippen LogP) is 3.37. The number of hydrogen-bond acceptors (Lipinski definition) is 3. The van der Waals surface area contributed by atoms with Crippen LogP contribution >= 0.6 is 0 Å². The predicted molar refractivity (Wildman–Crippen MR) is 80.2 cm³/mol. The summed E-state index contributed by atoms with van der Waals surface area (Å²) >= 11 is 0. The fourth-order valence-corrected chi connectivity index (χ4v) is 2.96. The zero-order valence-electron chi connectivity index (χ0n) is 12.5. The maximum atomic E-state index is 5.64. The van der Waals surface area contributed by atoms with Gasteiger partial charge in [-0.15, -0.1) is 0 Å². The summed E-state index contributed by atoms with van der Waals surface area (Å²) in [6, 6.07) is 6.98. The monoisotopic (exact) mass is 275 g/mol. The van der Waals surface area contributed by atoms with E-state index in [0.29, 0.717) is 6.61 Å². The van der Waals surface area contributed by atoms with Crippen LogP contribution in [0.2, 0.25) is 0 Å². The van der Waals surface area contributed by atoms with Crippen molar-refractivity contribution in [1.82, 2.24) is 5.32 Å². The Morgan fingerprint density at radius 3 is 2.40 bits per heavy atom. The third-order valence-corrected chi connectivity index (χ3v) is 4.33. The van der Waals surface area contributed by atoms with Crippen molar-refractivity contribution in [3.8, 4) is 11.5 Å². The summed E-state index contributed by atoms with van der Waals surface area (Å²) in [4.78, 5) is 0. The lowest BCUT2D eigenvalue weighted by Gasteiger charge is -2.18. The second kappa shape index (κ2) is 6.04. The highest BCUT2D eigenvalue weighted by Gasteiger charge is 2.40. The number of rotatable bonds is 8. The van der Waals surface area contributed by atoms with Crippen molar-refractivity contribution in [2.75, 3.05) is 13.7 Å². The summed E-state index contributed by atoms with van der Waals surface area (Å²) in [6.07, 6.45) is 5.67. The summed E-state index contributed by atoms with van der Waals surface area (Å²) in [5.41, 5.74) is 1.28. The maximum Gasteiger partial charge on any atom is 0.161 e. The van der Waals surface area contributed by atoms with Crippen molar-refractivity contribution in [1.29, 1.82) is 0 Å².